The average molecular weight is 288 g/mol. The molecule has 2 N–H and O–H groups in total. The molecular weight excluding hydrogens is 264 g/mol. The van der Waals surface area contributed by atoms with E-state index in [2.05, 4.69) is 12.1 Å². The molecule has 0 radical (unpaired) electrons. The summed E-state index contributed by atoms with van der Waals surface area (Å²) in [5.41, 5.74) is 9.23. The van der Waals surface area contributed by atoms with Crippen LogP contribution in [0.3, 0.4) is 0 Å². The van der Waals surface area contributed by atoms with Crippen LogP contribution in [0.4, 0.5) is 10.5 Å². The van der Waals surface area contributed by atoms with Gasteiger partial charge in [-0.2, -0.15) is 0 Å². The molecule has 1 aliphatic heterocycles. The molecule has 0 saturated heterocycles. The van der Waals surface area contributed by atoms with Gasteiger partial charge in [0.25, 0.3) is 0 Å². The number of hydrogen-bond donors (Lipinski definition) is 1. The van der Waals surface area contributed by atoms with Gasteiger partial charge in [-0.25, -0.2) is 4.79 Å². The molecule has 0 aromatic heterocycles. The summed E-state index contributed by atoms with van der Waals surface area (Å²) in [7, 11) is 0. The lowest BCUT2D eigenvalue weighted by Crippen LogP contribution is -2.35. The number of carbonyl (C=O) groups excluding carboxylic acids is 1. The first-order chi connectivity index (χ1) is 9.76. The lowest BCUT2D eigenvalue weighted by molar-refractivity contribution is 0.0584. The third kappa shape index (κ3) is 3.21. The predicted molar refractivity (Wildman–Crippen MR) is 83.6 cm³/mol. The highest BCUT2D eigenvalue weighted by atomic mass is 16.6. The molecule has 1 aromatic carbocycles. The van der Waals surface area contributed by atoms with Gasteiger partial charge in [-0.1, -0.05) is 12.1 Å². The zero-order valence-corrected chi connectivity index (χ0v) is 13.1. The normalized spacial score (nSPS) is 19.3. The van der Waals surface area contributed by atoms with E-state index in [9.17, 15) is 4.79 Å². The van der Waals surface area contributed by atoms with Crippen molar-refractivity contribution in [3.63, 3.8) is 0 Å². The highest BCUT2D eigenvalue weighted by molar-refractivity contribution is 5.90. The van der Waals surface area contributed by atoms with E-state index in [0.29, 0.717) is 6.54 Å². The molecule has 2 aliphatic rings. The first kappa shape index (κ1) is 14.4. The SMILES string of the molecule is CC(C)(C)OC(=O)N1CCc2cc(CC3(N)CC3)ccc21. The molecule has 0 atom stereocenters. The molecule has 3 rings (SSSR count). The van der Waals surface area contributed by atoms with Crippen LogP contribution >= 0.6 is 0 Å². The molecule has 0 bridgehead atoms. The summed E-state index contributed by atoms with van der Waals surface area (Å²) in [4.78, 5) is 14.0. The predicted octanol–water partition coefficient (Wildman–Crippen LogP) is 3.02. The minimum Gasteiger partial charge on any atom is -0.443 e. The maximum absolute atomic E-state index is 12.2. The van der Waals surface area contributed by atoms with E-state index in [1.807, 2.05) is 26.8 Å². The van der Waals surface area contributed by atoms with Crippen LogP contribution in [-0.4, -0.2) is 23.8 Å². The number of nitrogens with two attached hydrogens (primary N) is 1. The first-order valence-electron chi connectivity index (χ1n) is 7.67. The van der Waals surface area contributed by atoms with Crippen molar-refractivity contribution in [2.24, 2.45) is 5.73 Å². The Balaban J connectivity index is 1.75. The molecule has 21 heavy (non-hydrogen) atoms. The van der Waals surface area contributed by atoms with Gasteiger partial charge in [-0.05, 0) is 63.6 Å². The Morgan fingerprint density at radius 2 is 2.10 bits per heavy atom. The fourth-order valence-corrected chi connectivity index (χ4v) is 2.82. The van der Waals surface area contributed by atoms with Gasteiger partial charge in [0.1, 0.15) is 5.60 Å². The van der Waals surface area contributed by atoms with Crippen LogP contribution in [0.15, 0.2) is 18.2 Å². The Labute approximate surface area is 126 Å². The van der Waals surface area contributed by atoms with Crippen LogP contribution in [0.1, 0.15) is 44.7 Å². The van der Waals surface area contributed by atoms with Gasteiger partial charge in [0, 0.05) is 12.1 Å². The van der Waals surface area contributed by atoms with Gasteiger partial charge < -0.3 is 10.5 Å². The number of carbonyl (C=O) groups is 1. The summed E-state index contributed by atoms with van der Waals surface area (Å²) in [5, 5.41) is 0. The number of benzene rings is 1. The highest BCUT2D eigenvalue weighted by Crippen LogP contribution is 2.37. The minimum atomic E-state index is -0.461. The second-order valence-electron chi connectivity index (χ2n) is 7.38. The van der Waals surface area contributed by atoms with E-state index in [4.69, 9.17) is 10.5 Å². The standard InChI is InChI=1S/C17H24N2O2/c1-16(2,3)21-15(20)19-9-6-13-10-12(4-5-14(13)19)11-17(18)7-8-17/h4-5,10H,6-9,11,18H2,1-3H3. The van der Waals surface area contributed by atoms with Crippen molar-refractivity contribution in [3.8, 4) is 0 Å². The summed E-state index contributed by atoms with van der Waals surface area (Å²) in [6.45, 7) is 6.37. The molecule has 1 aliphatic carbocycles. The Morgan fingerprint density at radius 1 is 1.38 bits per heavy atom. The van der Waals surface area contributed by atoms with E-state index >= 15 is 0 Å². The molecule has 114 valence electrons. The number of rotatable bonds is 2. The molecule has 4 heteroatoms. The van der Waals surface area contributed by atoms with Gasteiger partial charge in [0.2, 0.25) is 0 Å². The quantitative estimate of drug-likeness (QED) is 0.910. The topological polar surface area (TPSA) is 55.6 Å². The molecule has 0 spiro atoms. The molecular formula is C17H24N2O2. The Bertz CT molecular complexity index is 571. The van der Waals surface area contributed by atoms with E-state index in [0.717, 1.165) is 31.4 Å². The monoisotopic (exact) mass is 288 g/mol. The summed E-state index contributed by atoms with van der Waals surface area (Å²) in [5.74, 6) is 0. The molecule has 4 nitrogen and oxygen atoms in total. The van der Waals surface area contributed by atoms with Crippen molar-refractivity contribution in [1.29, 1.82) is 0 Å². The van der Waals surface area contributed by atoms with E-state index < -0.39 is 5.60 Å². The maximum atomic E-state index is 12.2. The first-order valence-corrected chi connectivity index (χ1v) is 7.67. The largest absolute Gasteiger partial charge is 0.443 e. The van der Waals surface area contributed by atoms with Crippen molar-refractivity contribution in [1.82, 2.24) is 0 Å². The second-order valence-corrected chi connectivity index (χ2v) is 7.38. The van der Waals surface area contributed by atoms with Crippen molar-refractivity contribution in [3.05, 3.63) is 29.3 Å². The van der Waals surface area contributed by atoms with Crippen molar-refractivity contribution >= 4 is 11.8 Å². The average Bonchev–Trinajstić information content (AvgIpc) is 2.93. The Hall–Kier alpha value is -1.55. The molecule has 1 amide bonds. The Morgan fingerprint density at radius 3 is 2.71 bits per heavy atom. The number of nitrogens with zero attached hydrogens (tertiary/aromatic N) is 1. The fraction of sp³-hybridized carbons (Fsp3) is 0.588. The van der Waals surface area contributed by atoms with Crippen molar-refractivity contribution in [2.45, 2.75) is 57.6 Å². The van der Waals surface area contributed by atoms with Gasteiger partial charge in [-0.15, -0.1) is 0 Å². The lowest BCUT2D eigenvalue weighted by Gasteiger charge is -2.24. The van der Waals surface area contributed by atoms with Crippen LogP contribution in [0.2, 0.25) is 0 Å². The smallest absolute Gasteiger partial charge is 0.414 e. The molecule has 1 fully saturated rings. The number of anilines is 1. The van der Waals surface area contributed by atoms with Gasteiger partial charge in [0.15, 0.2) is 0 Å². The summed E-state index contributed by atoms with van der Waals surface area (Å²) in [6, 6.07) is 6.33. The van der Waals surface area contributed by atoms with E-state index in [1.54, 1.807) is 4.90 Å². The number of ether oxygens (including phenoxy) is 1. The molecule has 1 saturated carbocycles. The summed E-state index contributed by atoms with van der Waals surface area (Å²) < 4.78 is 5.47. The lowest BCUT2D eigenvalue weighted by atomic mass is 10.0. The summed E-state index contributed by atoms with van der Waals surface area (Å²) in [6.07, 6.45) is 3.81. The van der Waals surface area contributed by atoms with E-state index in [-0.39, 0.29) is 11.6 Å². The fourth-order valence-electron chi connectivity index (χ4n) is 2.82. The Kier molecular flexibility index (Phi) is 3.24. The maximum Gasteiger partial charge on any atom is 0.414 e. The minimum absolute atomic E-state index is 0.0255. The number of hydrogen-bond acceptors (Lipinski definition) is 3. The van der Waals surface area contributed by atoms with Gasteiger partial charge in [0.05, 0.1) is 5.69 Å². The zero-order chi connectivity index (χ0) is 15.3. The van der Waals surface area contributed by atoms with Crippen LogP contribution in [0.25, 0.3) is 0 Å². The highest BCUT2D eigenvalue weighted by Gasteiger charge is 2.38. The van der Waals surface area contributed by atoms with Crippen molar-refractivity contribution < 1.29 is 9.53 Å². The van der Waals surface area contributed by atoms with Gasteiger partial charge in [-0.3, -0.25) is 4.90 Å². The van der Waals surface area contributed by atoms with Crippen LogP contribution in [-0.2, 0) is 17.6 Å². The van der Waals surface area contributed by atoms with E-state index in [1.165, 1.54) is 11.1 Å². The van der Waals surface area contributed by atoms with Crippen LogP contribution in [0.5, 0.6) is 0 Å². The number of amides is 1. The molecule has 1 heterocycles. The third-order valence-corrected chi connectivity index (χ3v) is 4.10. The third-order valence-electron chi connectivity index (χ3n) is 4.10. The zero-order valence-electron chi connectivity index (χ0n) is 13.1. The van der Waals surface area contributed by atoms with Crippen molar-refractivity contribution in [2.75, 3.05) is 11.4 Å². The van der Waals surface area contributed by atoms with Gasteiger partial charge >= 0.3 is 6.09 Å². The second kappa shape index (κ2) is 4.73. The van der Waals surface area contributed by atoms with Crippen LogP contribution < -0.4 is 10.6 Å². The number of fused-ring (bicyclic) bond motifs is 1. The van der Waals surface area contributed by atoms with Crippen LogP contribution in [0, 0.1) is 0 Å². The molecule has 1 aromatic rings. The summed E-state index contributed by atoms with van der Waals surface area (Å²) >= 11 is 0. The molecule has 0 unspecified atom stereocenters.